The summed E-state index contributed by atoms with van der Waals surface area (Å²) in [4.78, 5) is 0. The van der Waals surface area contributed by atoms with Crippen LogP contribution in [-0.2, 0) is 4.74 Å². The van der Waals surface area contributed by atoms with E-state index in [1.54, 1.807) is 0 Å². The Kier molecular flexibility index (Phi) is 1.87. The molecule has 2 fully saturated rings. The number of nitrogens with one attached hydrogen (secondary N) is 1. The lowest BCUT2D eigenvalue weighted by molar-refractivity contribution is -0.0450. The summed E-state index contributed by atoms with van der Waals surface area (Å²) in [7, 11) is 0. The van der Waals surface area contributed by atoms with Gasteiger partial charge in [-0.2, -0.15) is 0 Å². The molecule has 3 N–H and O–H groups in total. The van der Waals surface area contributed by atoms with Crippen LogP contribution in [0.25, 0.3) is 0 Å². The van der Waals surface area contributed by atoms with Gasteiger partial charge in [0.2, 0.25) is 0 Å². The van der Waals surface area contributed by atoms with Crippen LogP contribution < -0.4 is 11.3 Å². The van der Waals surface area contributed by atoms with Gasteiger partial charge in [-0.1, -0.05) is 0 Å². The number of hydrazine groups is 1. The summed E-state index contributed by atoms with van der Waals surface area (Å²) < 4.78 is 5.32. The molecule has 1 aliphatic carbocycles. The molecule has 0 unspecified atom stereocenters. The predicted octanol–water partition coefficient (Wildman–Crippen LogP) is 0.409. The highest BCUT2D eigenvalue weighted by Crippen LogP contribution is 2.48. The monoisotopic (exact) mass is 156 g/mol. The van der Waals surface area contributed by atoms with Crippen LogP contribution in [0.15, 0.2) is 0 Å². The summed E-state index contributed by atoms with van der Waals surface area (Å²) in [5.74, 6) is 5.34. The van der Waals surface area contributed by atoms with Gasteiger partial charge in [0.05, 0.1) is 0 Å². The van der Waals surface area contributed by atoms with Gasteiger partial charge in [0.25, 0.3) is 0 Å². The normalized spacial score (nSPS) is 30.3. The SMILES string of the molecule is NNC1CC2(CCOCC2)C1. The third kappa shape index (κ3) is 1.28. The minimum absolute atomic E-state index is 0.577. The molecule has 3 nitrogen and oxygen atoms in total. The van der Waals surface area contributed by atoms with Crippen molar-refractivity contribution in [2.45, 2.75) is 31.7 Å². The minimum Gasteiger partial charge on any atom is -0.381 e. The number of hydrogen-bond acceptors (Lipinski definition) is 3. The smallest absolute Gasteiger partial charge is 0.0471 e. The summed E-state index contributed by atoms with van der Waals surface area (Å²) in [6, 6.07) is 0.577. The molecule has 3 heteroatoms. The van der Waals surface area contributed by atoms with Crippen molar-refractivity contribution in [2.24, 2.45) is 11.3 Å². The highest BCUT2D eigenvalue weighted by Gasteiger charge is 2.44. The topological polar surface area (TPSA) is 47.3 Å². The van der Waals surface area contributed by atoms with Gasteiger partial charge in [0, 0.05) is 19.3 Å². The van der Waals surface area contributed by atoms with Gasteiger partial charge in [-0.25, -0.2) is 0 Å². The summed E-state index contributed by atoms with van der Waals surface area (Å²) in [6.45, 7) is 1.91. The zero-order valence-electron chi connectivity index (χ0n) is 6.81. The molecule has 0 aromatic heterocycles. The molecule has 1 spiro atoms. The zero-order valence-corrected chi connectivity index (χ0v) is 6.81. The van der Waals surface area contributed by atoms with Gasteiger partial charge in [0.15, 0.2) is 0 Å². The van der Waals surface area contributed by atoms with Crippen molar-refractivity contribution in [1.82, 2.24) is 5.43 Å². The van der Waals surface area contributed by atoms with Crippen molar-refractivity contribution >= 4 is 0 Å². The molecule has 0 radical (unpaired) electrons. The van der Waals surface area contributed by atoms with Crippen LogP contribution in [0, 0.1) is 5.41 Å². The van der Waals surface area contributed by atoms with E-state index in [0.717, 1.165) is 13.2 Å². The fourth-order valence-electron chi connectivity index (χ4n) is 2.32. The van der Waals surface area contributed by atoms with E-state index in [0.29, 0.717) is 11.5 Å². The minimum atomic E-state index is 0.577. The van der Waals surface area contributed by atoms with Gasteiger partial charge >= 0.3 is 0 Å². The molecule has 0 aromatic rings. The molecule has 0 bridgehead atoms. The lowest BCUT2D eigenvalue weighted by Crippen LogP contribution is -2.53. The van der Waals surface area contributed by atoms with E-state index in [9.17, 15) is 0 Å². The lowest BCUT2D eigenvalue weighted by atomic mass is 9.61. The van der Waals surface area contributed by atoms with Crippen molar-refractivity contribution in [2.75, 3.05) is 13.2 Å². The van der Waals surface area contributed by atoms with Crippen LogP contribution in [-0.4, -0.2) is 19.3 Å². The first-order valence-electron chi connectivity index (χ1n) is 4.39. The Morgan fingerprint density at radius 3 is 2.45 bits per heavy atom. The molecule has 11 heavy (non-hydrogen) atoms. The van der Waals surface area contributed by atoms with Crippen molar-refractivity contribution in [3.63, 3.8) is 0 Å². The molecule has 1 saturated carbocycles. The molecule has 1 saturated heterocycles. The Labute approximate surface area is 67.3 Å². The van der Waals surface area contributed by atoms with Gasteiger partial charge < -0.3 is 4.74 Å². The Morgan fingerprint density at radius 2 is 1.91 bits per heavy atom. The molecule has 1 aliphatic heterocycles. The number of hydrogen-bond donors (Lipinski definition) is 2. The van der Waals surface area contributed by atoms with Gasteiger partial charge in [0.1, 0.15) is 0 Å². The Bertz CT molecular complexity index is 135. The van der Waals surface area contributed by atoms with E-state index >= 15 is 0 Å². The fraction of sp³-hybridized carbons (Fsp3) is 1.00. The van der Waals surface area contributed by atoms with E-state index in [4.69, 9.17) is 10.6 Å². The summed E-state index contributed by atoms with van der Waals surface area (Å²) in [6.07, 6.45) is 5.00. The average molecular weight is 156 g/mol. The highest BCUT2D eigenvalue weighted by molar-refractivity contribution is 4.97. The van der Waals surface area contributed by atoms with Gasteiger partial charge in [-0.05, 0) is 31.1 Å². The second kappa shape index (κ2) is 2.73. The fourth-order valence-corrected chi connectivity index (χ4v) is 2.32. The average Bonchev–Trinajstić information content (AvgIpc) is 2.01. The van der Waals surface area contributed by atoms with E-state index in [1.807, 2.05) is 0 Å². The molecule has 64 valence electrons. The Morgan fingerprint density at radius 1 is 1.27 bits per heavy atom. The van der Waals surface area contributed by atoms with Crippen LogP contribution >= 0.6 is 0 Å². The predicted molar refractivity (Wildman–Crippen MR) is 42.8 cm³/mol. The van der Waals surface area contributed by atoms with Crippen LogP contribution in [0.2, 0.25) is 0 Å². The zero-order chi connectivity index (χ0) is 7.73. The summed E-state index contributed by atoms with van der Waals surface area (Å²) in [5.41, 5.74) is 3.44. The molecule has 0 amide bonds. The van der Waals surface area contributed by atoms with Crippen molar-refractivity contribution in [3.8, 4) is 0 Å². The molecule has 0 atom stereocenters. The van der Waals surface area contributed by atoms with Crippen LogP contribution in [0.4, 0.5) is 0 Å². The number of nitrogens with two attached hydrogens (primary N) is 1. The standard InChI is InChI=1S/C8H16N2O/c9-10-7-5-8(6-7)1-3-11-4-2-8/h7,10H,1-6,9H2. The third-order valence-corrected chi connectivity index (χ3v) is 3.15. The quantitative estimate of drug-likeness (QED) is 0.427. The number of ether oxygens (including phenoxy) is 1. The van der Waals surface area contributed by atoms with Crippen molar-refractivity contribution in [1.29, 1.82) is 0 Å². The van der Waals surface area contributed by atoms with E-state index in [1.165, 1.54) is 25.7 Å². The van der Waals surface area contributed by atoms with Crippen LogP contribution in [0.3, 0.4) is 0 Å². The largest absolute Gasteiger partial charge is 0.381 e. The lowest BCUT2D eigenvalue weighted by Gasteiger charge is -2.49. The highest BCUT2D eigenvalue weighted by atomic mass is 16.5. The maximum Gasteiger partial charge on any atom is 0.0471 e. The second-order valence-corrected chi connectivity index (χ2v) is 3.88. The molecule has 0 aromatic carbocycles. The van der Waals surface area contributed by atoms with Crippen molar-refractivity contribution < 1.29 is 4.74 Å². The van der Waals surface area contributed by atoms with E-state index in [-0.39, 0.29) is 0 Å². The molecule has 2 aliphatic rings. The molecule has 2 rings (SSSR count). The van der Waals surface area contributed by atoms with E-state index < -0.39 is 0 Å². The first-order chi connectivity index (χ1) is 5.35. The maximum absolute atomic E-state index is 5.34. The van der Waals surface area contributed by atoms with E-state index in [2.05, 4.69) is 5.43 Å². The molecular weight excluding hydrogens is 140 g/mol. The van der Waals surface area contributed by atoms with Crippen molar-refractivity contribution in [3.05, 3.63) is 0 Å². The van der Waals surface area contributed by atoms with Crippen LogP contribution in [0.5, 0.6) is 0 Å². The molecule has 1 heterocycles. The number of rotatable bonds is 1. The second-order valence-electron chi connectivity index (χ2n) is 3.88. The Hall–Kier alpha value is -0.120. The summed E-state index contributed by atoms with van der Waals surface area (Å²) in [5, 5.41) is 0. The third-order valence-electron chi connectivity index (χ3n) is 3.15. The molecular formula is C8H16N2O. The Balaban J connectivity index is 1.84. The first-order valence-corrected chi connectivity index (χ1v) is 4.39. The van der Waals surface area contributed by atoms with Gasteiger partial charge in [-0.3, -0.25) is 11.3 Å². The van der Waals surface area contributed by atoms with Crippen LogP contribution in [0.1, 0.15) is 25.7 Å². The maximum atomic E-state index is 5.34. The first kappa shape index (κ1) is 7.53. The summed E-state index contributed by atoms with van der Waals surface area (Å²) >= 11 is 0. The van der Waals surface area contributed by atoms with Gasteiger partial charge in [-0.15, -0.1) is 0 Å².